The highest BCUT2D eigenvalue weighted by molar-refractivity contribution is 5.88. The van der Waals surface area contributed by atoms with Crippen molar-refractivity contribution in [1.82, 2.24) is 0 Å². The lowest BCUT2D eigenvalue weighted by Crippen LogP contribution is -2.04. The lowest BCUT2D eigenvalue weighted by Gasteiger charge is -1.99. The first-order valence-corrected chi connectivity index (χ1v) is 5.10. The van der Waals surface area contributed by atoms with Gasteiger partial charge in [-0.05, 0) is 19.1 Å². The molecule has 0 saturated heterocycles. The van der Waals surface area contributed by atoms with Crippen LogP contribution in [-0.2, 0) is 9.53 Å². The number of aliphatic hydroxyl groups is 1. The number of nitrogens with zero attached hydrogens (tertiary/aromatic N) is 3. The minimum absolute atomic E-state index is 0.0824. The smallest absolute Gasteiger partial charge is 0.362 e. The Balaban J connectivity index is 2.94. The second kappa shape index (κ2) is 6.24. The number of hydrogen-bond donors (Lipinski definition) is 1. The molecule has 0 spiro atoms. The maximum atomic E-state index is 11.2. The second-order valence-electron chi connectivity index (χ2n) is 3.40. The first-order valence-electron chi connectivity index (χ1n) is 5.10. The van der Waals surface area contributed by atoms with Crippen LogP contribution >= 0.6 is 0 Å². The topological polar surface area (TPSA) is 114 Å². The molecule has 0 aliphatic heterocycles. The average Bonchev–Trinajstić information content (AvgIpc) is 2.38. The molecule has 1 N–H and O–H groups in total. The number of rotatable bonds is 4. The maximum absolute atomic E-state index is 11.2. The molecule has 0 aliphatic carbocycles. The van der Waals surface area contributed by atoms with Crippen LogP contribution in [0.2, 0.25) is 0 Å². The summed E-state index contributed by atoms with van der Waals surface area (Å²) >= 11 is 0. The fourth-order valence-corrected chi connectivity index (χ4v) is 1.11. The first-order chi connectivity index (χ1) is 8.95. The van der Waals surface area contributed by atoms with Gasteiger partial charge in [-0.25, -0.2) is 4.79 Å². The number of methoxy groups -OCH3 is 1. The summed E-state index contributed by atoms with van der Waals surface area (Å²) in [5.41, 5.74) is -0.116. The SMILES string of the molecule is COC(=O)/C(N=Nc1ccc([N+](=O)[O-])cc1)=C(\C)O. The van der Waals surface area contributed by atoms with Gasteiger partial charge < -0.3 is 9.84 Å². The summed E-state index contributed by atoms with van der Waals surface area (Å²) in [4.78, 5) is 21.1. The van der Waals surface area contributed by atoms with Gasteiger partial charge >= 0.3 is 5.97 Å². The molecule has 8 heteroatoms. The molecule has 0 saturated carbocycles. The number of benzene rings is 1. The zero-order valence-electron chi connectivity index (χ0n) is 10.2. The molecule has 0 aliphatic rings. The Morgan fingerprint density at radius 1 is 1.37 bits per heavy atom. The highest BCUT2D eigenvalue weighted by Crippen LogP contribution is 2.19. The Hall–Kier alpha value is -2.77. The molecule has 0 bridgehead atoms. The van der Waals surface area contributed by atoms with Crippen molar-refractivity contribution in [3.05, 3.63) is 45.8 Å². The largest absolute Gasteiger partial charge is 0.510 e. The number of azo groups is 1. The zero-order valence-corrected chi connectivity index (χ0v) is 10.2. The van der Waals surface area contributed by atoms with Crippen molar-refractivity contribution in [2.45, 2.75) is 6.92 Å². The lowest BCUT2D eigenvalue weighted by atomic mass is 10.3. The number of esters is 1. The molecule has 1 rings (SSSR count). The van der Waals surface area contributed by atoms with Crippen LogP contribution in [0, 0.1) is 10.1 Å². The Morgan fingerprint density at radius 3 is 2.37 bits per heavy atom. The van der Waals surface area contributed by atoms with Crippen LogP contribution in [0.15, 0.2) is 46.0 Å². The third-order valence-electron chi connectivity index (χ3n) is 2.05. The Kier molecular flexibility index (Phi) is 4.69. The second-order valence-corrected chi connectivity index (χ2v) is 3.40. The molecule has 1 aromatic rings. The highest BCUT2D eigenvalue weighted by atomic mass is 16.6. The Labute approximate surface area is 108 Å². The van der Waals surface area contributed by atoms with Crippen LogP contribution in [0.4, 0.5) is 11.4 Å². The minimum Gasteiger partial charge on any atom is -0.510 e. The zero-order chi connectivity index (χ0) is 14.4. The van der Waals surface area contributed by atoms with Gasteiger partial charge in [-0.15, -0.1) is 5.11 Å². The lowest BCUT2D eigenvalue weighted by molar-refractivity contribution is -0.384. The van der Waals surface area contributed by atoms with E-state index in [2.05, 4.69) is 15.0 Å². The van der Waals surface area contributed by atoms with Crippen LogP contribution in [0.5, 0.6) is 0 Å². The number of nitro benzene ring substituents is 1. The van der Waals surface area contributed by atoms with Crippen LogP contribution in [-0.4, -0.2) is 23.1 Å². The molecule has 0 fully saturated rings. The van der Waals surface area contributed by atoms with E-state index in [0.29, 0.717) is 5.69 Å². The van der Waals surface area contributed by atoms with Crippen LogP contribution in [0.1, 0.15) is 6.92 Å². The normalized spacial score (nSPS) is 12.1. The summed E-state index contributed by atoms with van der Waals surface area (Å²) in [6.07, 6.45) is 0. The molecule has 0 atom stereocenters. The van der Waals surface area contributed by atoms with Gasteiger partial charge in [0, 0.05) is 12.1 Å². The van der Waals surface area contributed by atoms with Crippen LogP contribution in [0.3, 0.4) is 0 Å². The Bertz CT molecular complexity index is 544. The van der Waals surface area contributed by atoms with Gasteiger partial charge in [0.2, 0.25) is 5.70 Å². The van der Waals surface area contributed by atoms with Crippen molar-refractivity contribution < 1.29 is 19.6 Å². The number of aliphatic hydroxyl groups excluding tert-OH is 1. The number of non-ortho nitro benzene ring substituents is 1. The van der Waals surface area contributed by atoms with Crippen molar-refractivity contribution in [3.8, 4) is 0 Å². The van der Waals surface area contributed by atoms with Gasteiger partial charge in [0.25, 0.3) is 5.69 Å². The van der Waals surface area contributed by atoms with E-state index in [-0.39, 0.29) is 17.1 Å². The molecule has 0 radical (unpaired) electrons. The van der Waals surface area contributed by atoms with Gasteiger partial charge in [-0.1, -0.05) is 0 Å². The fourth-order valence-electron chi connectivity index (χ4n) is 1.11. The van der Waals surface area contributed by atoms with E-state index < -0.39 is 10.9 Å². The molecular formula is C11H11N3O5. The van der Waals surface area contributed by atoms with Gasteiger partial charge in [0.05, 0.1) is 17.7 Å². The van der Waals surface area contributed by atoms with E-state index in [9.17, 15) is 20.0 Å². The summed E-state index contributed by atoms with van der Waals surface area (Å²) in [5, 5.41) is 26.9. The molecule has 100 valence electrons. The third-order valence-corrected chi connectivity index (χ3v) is 2.05. The molecular weight excluding hydrogens is 254 g/mol. The number of carbonyl (C=O) groups excluding carboxylic acids is 1. The van der Waals surface area contributed by atoms with Crippen molar-refractivity contribution in [3.63, 3.8) is 0 Å². The van der Waals surface area contributed by atoms with E-state index in [1.54, 1.807) is 0 Å². The van der Waals surface area contributed by atoms with Gasteiger partial charge in [-0.2, -0.15) is 5.11 Å². The summed E-state index contributed by atoms with van der Waals surface area (Å²) < 4.78 is 4.41. The summed E-state index contributed by atoms with van der Waals surface area (Å²) in [6, 6.07) is 5.23. The third kappa shape index (κ3) is 3.87. The van der Waals surface area contributed by atoms with Crippen molar-refractivity contribution in [2.24, 2.45) is 10.2 Å². The van der Waals surface area contributed by atoms with Crippen LogP contribution < -0.4 is 0 Å². The van der Waals surface area contributed by atoms with Crippen molar-refractivity contribution >= 4 is 17.3 Å². The molecule has 0 aromatic heterocycles. The van der Waals surface area contributed by atoms with E-state index in [4.69, 9.17) is 0 Å². The Morgan fingerprint density at radius 2 is 1.95 bits per heavy atom. The summed E-state index contributed by atoms with van der Waals surface area (Å²) in [6.45, 7) is 1.26. The van der Waals surface area contributed by atoms with Gasteiger partial charge in [-0.3, -0.25) is 10.1 Å². The van der Waals surface area contributed by atoms with E-state index in [0.717, 1.165) is 7.11 Å². The maximum Gasteiger partial charge on any atom is 0.362 e. The fraction of sp³-hybridized carbons (Fsp3) is 0.182. The van der Waals surface area contributed by atoms with E-state index in [1.807, 2.05) is 0 Å². The van der Waals surface area contributed by atoms with Crippen molar-refractivity contribution in [1.29, 1.82) is 0 Å². The molecule has 1 aromatic carbocycles. The quantitative estimate of drug-likeness (QED) is 0.224. The minimum atomic E-state index is -0.828. The standard InChI is InChI=1S/C11H11N3O5/c1-7(15)10(11(16)19-2)13-12-8-3-5-9(6-4-8)14(17)18/h3-6,15H,1-2H3/b10-7-,13-12?. The number of allylic oxidation sites excluding steroid dienone is 1. The van der Waals surface area contributed by atoms with Gasteiger partial charge in [0.15, 0.2) is 0 Å². The average molecular weight is 265 g/mol. The number of hydrogen-bond acceptors (Lipinski definition) is 7. The highest BCUT2D eigenvalue weighted by Gasteiger charge is 2.12. The first kappa shape index (κ1) is 14.3. The molecule has 0 unspecified atom stereocenters. The van der Waals surface area contributed by atoms with E-state index >= 15 is 0 Å². The monoisotopic (exact) mass is 265 g/mol. The van der Waals surface area contributed by atoms with E-state index in [1.165, 1.54) is 31.2 Å². The summed E-state index contributed by atoms with van der Waals surface area (Å²) in [5.74, 6) is -1.16. The number of ether oxygens (including phenoxy) is 1. The van der Waals surface area contributed by atoms with Crippen LogP contribution in [0.25, 0.3) is 0 Å². The summed E-state index contributed by atoms with van der Waals surface area (Å²) in [7, 11) is 1.15. The van der Waals surface area contributed by atoms with Crippen molar-refractivity contribution in [2.75, 3.05) is 7.11 Å². The number of carbonyl (C=O) groups is 1. The molecule has 8 nitrogen and oxygen atoms in total. The predicted molar refractivity (Wildman–Crippen MR) is 65.0 cm³/mol. The predicted octanol–water partition coefficient (Wildman–Crippen LogP) is 2.64. The molecule has 0 heterocycles. The number of nitro groups is 1. The molecule has 19 heavy (non-hydrogen) atoms. The molecule has 0 amide bonds. The van der Waals surface area contributed by atoms with Gasteiger partial charge in [0.1, 0.15) is 5.76 Å².